The van der Waals surface area contributed by atoms with E-state index in [1.165, 1.54) is 30.3 Å². The Morgan fingerprint density at radius 1 is 1.27 bits per heavy atom. The molecule has 0 heterocycles. The van der Waals surface area contributed by atoms with E-state index in [9.17, 15) is 19.4 Å². The molecule has 0 radical (unpaired) electrons. The topological polar surface area (TPSA) is 69.6 Å². The maximum absolute atomic E-state index is 13.5. The Bertz CT molecular complexity index is 678. The van der Waals surface area contributed by atoms with Gasteiger partial charge in [-0.15, -0.1) is 0 Å². The number of hydrogen-bond acceptors (Lipinski definition) is 3. The van der Waals surface area contributed by atoms with Gasteiger partial charge in [0.25, 0.3) is 0 Å². The third-order valence-electron chi connectivity index (χ3n) is 3.14. The molecule has 3 N–H and O–H groups in total. The Balaban J connectivity index is 1.91. The van der Waals surface area contributed by atoms with Crippen molar-refractivity contribution in [2.45, 2.75) is 12.5 Å². The van der Waals surface area contributed by atoms with Crippen molar-refractivity contribution in [3.63, 3.8) is 0 Å². The molecule has 0 aliphatic rings. The molecule has 0 aliphatic heterocycles. The summed E-state index contributed by atoms with van der Waals surface area (Å²) in [5.74, 6) is -0.863. The molecule has 1 atom stereocenters. The van der Waals surface area contributed by atoms with E-state index in [1.54, 1.807) is 12.1 Å². The quantitative estimate of drug-likeness (QED) is 0.792. The van der Waals surface area contributed by atoms with Crippen molar-refractivity contribution in [2.24, 2.45) is 0 Å². The van der Waals surface area contributed by atoms with Crippen molar-refractivity contribution in [2.75, 3.05) is 6.54 Å². The lowest BCUT2D eigenvalue weighted by atomic mass is 10.1. The average molecular weight is 324 g/mol. The Morgan fingerprint density at radius 2 is 2.00 bits per heavy atom. The van der Waals surface area contributed by atoms with Crippen LogP contribution in [0.1, 0.15) is 17.2 Å². The predicted molar refractivity (Wildman–Crippen MR) is 81.2 cm³/mol. The average Bonchev–Trinajstić information content (AvgIpc) is 2.48. The normalized spacial score (nSPS) is 12.0. The van der Waals surface area contributed by atoms with Gasteiger partial charge in [-0.2, -0.15) is 0 Å². The van der Waals surface area contributed by atoms with Gasteiger partial charge < -0.3 is 15.5 Å². The van der Waals surface area contributed by atoms with Crippen LogP contribution >= 0.6 is 11.6 Å². The second-order valence-corrected chi connectivity index (χ2v) is 5.20. The van der Waals surface area contributed by atoms with Crippen LogP contribution in [0.3, 0.4) is 0 Å². The second-order valence-electron chi connectivity index (χ2n) is 4.79. The summed E-state index contributed by atoms with van der Waals surface area (Å²) in [4.78, 5) is 11.8. The number of phenolic OH excluding ortho intramolecular Hbond substituents is 1. The van der Waals surface area contributed by atoms with Gasteiger partial charge in [-0.25, -0.2) is 4.39 Å². The number of phenols is 1. The molecule has 6 heteroatoms. The summed E-state index contributed by atoms with van der Waals surface area (Å²) in [7, 11) is 0. The van der Waals surface area contributed by atoms with Crippen LogP contribution in [-0.2, 0) is 11.2 Å². The van der Waals surface area contributed by atoms with E-state index >= 15 is 0 Å². The van der Waals surface area contributed by atoms with E-state index in [4.69, 9.17) is 11.6 Å². The van der Waals surface area contributed by atoms with Gasteiger partial charge in [0.05, 0.1) is 12.5 Å². The summed E-state index contributed by atoms with van der Waals surface area (Å²) < 4.78 is 13.5. The lowest BCUT2D eigenvalue weighted by molar-refractivity contribution is -0.120. The van der Waals surface area contributed by atoms with Crippen molar-refractivity contribution in [3.8, 4) is 5.75 Å². The number of halogens is 2. The Morgan fingerprint density at radius 3 is 2.68 bits per heavy atom. The van der Waals surface area contributed by atoms with Crippen LogP contribution in [0.2, 0.25) is 5.02 Å². The minimum atomic E-state index is -1.12. The molecule has 0 aromatic heterocycles. The smallest absolute Gasteiger partial charge is 0.224 e. The van der Waals surface area contributed by atoms with E-state index < -0.39 is 11.9 Å². The SMILES string of the molecule is O=C(Cc1ccc(O)cc1Cl)NCC(O)c1ccccc1F. The van der Waals surface area contributed by atoms with Crippen LogP contribution in [0.15, 0.2) is 42.5 Å². The highest BCUT2D eigenvalue weighted by Crippen LogP contribution is 2.22. The zero-order valence-electron chi connectivity index (χ0n) is 11.6. The minimum absolute atomic E-state index is 0.00308. The van der Waals surface area contributed by atoms with Gasteiger partial charge in [0.15, 0.2) is 0 Å². The summed E-state index contributed by atoms with van der Waals surface area (Å²) in [6, 6.07) is 10.2. The molecular weight excluding hydrogens is 309 g/mol. The van der Waals surface area contributed by atoms with Crippen LogP contribution in [0, 0.1) is 5.82 Å². The second kappa shape index (κ2) is 7.24. The fourth-order valence-electron chi connectivity index (χ4n) is 1.98. The first-order valence-electron chi connectivity index (χ1n) is 6.64. The van der Waals surface area contributed by atoms with E-state index in [0.29, 0.717) is 5.56 Å². The van der Waals surface area contributed by atoms with Gasteiger partial charge in [0.1, 0.15) is 11.6 Å². The van der Waals surface area contributed by atoms with Gasteiger partial charge in [-0.1, -0.05) is 35.9 Å². The van der Waals surface area contributed by atoms with E-state index in [2.05, 4.69) is 5.32 Å². The van der Waals surface area contributed by atoms with Crippen LogP contribution in [0.5, 0.6) is 5.75 Å². The zero-order chi connectivity index (χ0) is 16.1. The van der Waals surface area contributed by atoms with Gasteiger partial charge in [0, 0.05) is 17.1 Å². The number of hydrogen-bond donors (Lipinski definition) is 3. The fraction of sp³-hybridized carbons (Fsp3) is 0.188. The number of amides is 1. The molecule has 1 amide bonds. The molecule has 0 fully saturated rings. The van der Waals surface area contributed by atoms with Crippen LogP contribution in [0.25, 0.3) is 0 Å². The highest BCUT2D eigenvalue weighted by Gasteiger charge is 2.14. The highest BCUT2D eigenvalue weighted by atomic mass is 35.5. The number of carbonyl (C=O) groups excluding carboxylic acids is 1. The van der Waals surface area contributed by atoms with E-state index in [-0.39, 0.29) is 35.2 Å². The van der Waals surface area contributed by atoms with Crippen molar-refractivity contribution < 1.29 is 19.4 Å². The maximum atomic E-state index is 13.5. The number of carbonyl (C=O) groups is 1. The van der Waals surface area contributed by atoms with Crippen molar-refractivity contribution in [1.29, 1.82) is 0 Å². The van der Waals surface area contributed by atoms with Gasteiger partial charge in [-0.3, -0.25) is 4.79 Å². The molecule has 2 rings (SSSR count). The third-order valence-corrected chi connectivity index (χ3v) is 3.50. The molecule has 0 saturated carbocycles. The number of nitrogens with one attached hydrogen (secondary N) is 1. The number of rotatable bonds is 5. The van der Waals surface area contributed by atoms with Crippen molar-refractivity contribution in [3.05, 3.63) is 64.4 Å². The number of aliphatic hydroxyl groups excluding tert-OH is 1. The molecule has 0 aliphatic carbocycles. The molecule has 22 heavy (non-hydrogen) atoms. The molecule has 2 aromatic carbocycles. The first kappa shape index (κ1) is 16.3. The summed E-state index contributed by atoms with van der Waals surface area (Å²) in [6.45, 7) is -0.102. The lowest BCUT2D eigenvalue weighted by Gasteiger charge is -2.13. The largest absolute Gasteiger partial charge is 0.508 e. The molecule has 4 nitrogen and oxygen atoms in total. The minimum Gasteiger partial charge on any atom is -0.508 e. The van der Waals surface area contributed by atoms with Crippen LogP contribution < -0.4 is 5.32 Å². The van der Waals surface area contributed by atoms with E-state index in [1.807, 2.05) is 0 Å². The molecule has 1 unspecified atom stereocenters. The summed E-state index contributed by atoms with van der Waals surface area (Å²) in [6.07, 6.45) is -1.12. The third kappa shape index (κ3) is 4.19. The maximum Gasteiger partial charge on any atom is 0.224 e. The first-order valence-corrected chi connectivity index (χ1v) is 7.01. The fourth-order valence-corrected chi connectivity index (χ4v) is 2.22. The number of benzene rings is 2. The van der Waals surface area contributed by atoms with Crippen molar-refractivity contribution >= 4 is 17.5 Å². The molecule has 0 saturated heterocycles. The molecule has 0 bridgehead atoms. The summed E-state index contributed by atoms with van der Waals surface area (Å²) in [5.41, 5.74) is 0.683. The van der Waals surface area contributed by atoms with E-state index in [0.717, 1.165) is 0 Å². The monoisotopic (exact) mass is 323 g/mol. The molecular formula is C16H15ClFNO3. The highest BCUT2D eigenvalue weighted by molar-refractivity contribution is 6.31. The molecule has 2 aromatic rings. The van der Waals surface area contributed by atoms with Crippen LogP contribution in [-0.4, -0.2) is 22.7 Å². The predicted octanol–water partition coefficient (Wildman–Crippen LogP) is 2.58. The molecule has 0 spiro atoms. The Labute approximate surface area is 132 Å². The lowest BCUT2D eigenvalue weighted by Crippen LogP contribution is -2.30. The first-order chi connectivity index (χ1) is 10.5. The standard InChI is InChI=1S/C16H15ClFNO3/c17-13-8-11(20)6-5-10(13)7-16(22)19-9-15(21)12-3-1-2-4-14(12)18/h1-6,8,15,20-21H,7,9H2,(H,19,22). The summed E-state index contributed by atoms with van der Waals surface area (Å²) >= 11 is 5.91. The van der Waals surface area contributed by atoms with Gasteiger partial charge >= 0.3 is 0 Å². The van der Waals surface area contributed by atoms with Crippen molar-refractivity contribution in [1.82, 2.24) is 5.32 Å². The van der Waals surface area contributed by atoms with Gasteiger partial charge in [0.2, 0.25) is 5.91 Å². The Kier molecular flexibility index (Phi) is 5.35. The summed E-state index contributed by atoms with van der Waals surface area (Å²) in [5, 5.41) is 21.9. The molecule has 116 valence electrons. The number of aromatic hydroxyl groups is 1. The Hall–Kier alpha value is -2.11. The zero-order valence-corrected chi connectivity index (χ0v) is 12.3. The van der Waals surface area contributed by atoms with Crippen LogP contribution in [0.4, 0.5) is 4.39 Å². The number of aliphatic hydroxyl groups is 1. The van der Waals surface area contributed by atoms with Gasteiger partial charge in [-0.05, 0) is 23.8 Å².